The molecule has 1 aliphatic heterocycles. The zero-order valence-electron chi connectivity index (χ0n) is 20.8. The molecule has 0 aliphatic carbocycles. The number of carbonyl (C=O) groups is 2. The first-order valence-electron chi connectivity index (χ1n) is 11.3. The fraction of sp³-hybridized carbons (Fsp3) is 0.214. The SMILES string of the molecule is COc1cccc(/C(O)=C2\C(=O)C(=O)N(c3ccc(OC)c(OC)c3)C2c2ccc(N(C)C)cc2)c1. The Kier molecular flexibility index (Phi) is 6.87. The Labute approximate surface area is 209 Å². The predicted octanol–water partition coefficient (Wildman–Crippen LogP) is 4.40. The lowest BCUT2D eigenvalue weighted by Crippen LogP contribution is -2.29. The van der Waals surface area contributed by atoms with Crippen LogP contribution in [0.25, 0.3) is 5.76 Å². The van der Waals surface area contributed by atoms with Gasteiger partial charge >= 0.3 is 0 Å². The molecule has 0 bridgehead atoms. The molecule has 3 aromatic rings. The molecule has 8 heteroatoms. The largest absolute Gasteiger partial charge is 0.507 e. The van der Waals surface area contributed by atoms with Crippen molar-refractivity contribution in [3.8, 4) is 17.2 Å². The van der Waals surface area contributed by atoms with Crippen LogP contribution in [0.1, 0.15) is 17.2 Å². The van der Waals surface area contributed by atoms with E-state index in [2.05, 4.69) is 0 Å². The Balaban J connectivity index is 1.94. The molecular weight excluding hydrogens is 460 g/mol. The Morgan fingerprint density at radius 2 is 1.56 bits per heavy atom. The van der Waals surface area contributed by atoms with Gasteiger partial charge in [0.25, 0.3) is 11.7 Å². The summed E-state index contributed by atoms with van der Waals surface area (Å²) in [5.41, 5.74) is 2.41. The number of benzene rings is 3. The summed E-state index contributed by atoms with van der Waals surface area (Å²) in [6.45, 7) is 0. The maximum Gasteiger partial charge on any atom is 0.300 e. The lowest BCUT2D eigenvalue weighted by molar-refractivity contribution is -0.132. The summed E-state index contributed by atoms with van der Waals surface area (Å²) in [6, 6.07) is 18.3. The van der Waals surface area contributed by atoms with E-state index in [1.807, 2.05) is 43.3 Å². The molecule has 8 nitrogen and oxygen atoms in total. The van der Waals surface area contributed by atoms with Crippen molar-refractivity contribution in [2.45, 2.75) is 6.04 Å². The van der Waals surface area contributed by atoms with Gasteiger partial charge in [-0.2, -0.15) is 0 Å². The maximum atomic E-state index is 13.4. The summed E-state index contributed by atoms with van der Waals surface area (Å²) >= 11 is 0. The molecule has 0 aromatic heterocycles. The average molecular weight is 489 g/mol. The minimum atomic E-state index is -0.870. The van der Waals surface area contributed by atoms with Gasteiger partial charge in [0.2, 0.25) is 0 Å². The van der Waals surface area contributed by atoms with Crippen molar-refractivity contribution in [3.63, 3.8) is 0 Å². The van der Waals surface area contributed by atoms with Crippen molar-refractivity contribution in [1.82, 2.24) is 0 Å². The van der Waals surface area contributed by atoms with Crippen molar-refractivity contribution < 1.29 is 28.9 Å². The topological polar surface area (TPSA) is 88.5 Å². The van der Waals surface area contributed by atoms with Gasteiger partial charge in [0, 0.05) is 37.1 Å². The van der Waals surface area contributed by atoms with E-state index in [1.54, 1.807) is 42.5 Å². The van der Waals surface area contributed by atoms with E-state index in [0.29, 0.717) is 34.1 Å². The molecule has 36 heavy (non-hydrogen) atoms. The summed E-state index contributed by atoms with van der Waals surface area (Å²) in [4.78, 5) is 30.1. The fourth-order valence-electron chi connectivity index (χ4n) is 4.27. The van der Waals surface area contributed by atoms with Gasteiger partial charge in [0.15, 0.2) is 11.5 Å². The first-order chi connectivity index (χ1) is 17.3. The van der Waals surface area contributed by atoms with Gasteiger partial charge in [0.1, 0.15) is 11.5 Å². The fourth-order valence-corrected chi connectivity index (χ4v) is 4.27. The van der Waals surface area contributed by atoms with E-state index in [1.165, 1.54) is 26.2 Å². The van der Waals surface area contributed by atoms with Gasteiger partial charge in [-0.15, -0.1) is 0 Å². The number of ether oxygens (including phenoxy) is 3. The standard InChI is InChI=1S/C28H28N2O6/c1-29(2)19-11-9-17(10-12-19)25-24(26(31)18-7-6-8-21(15-18)34-3)27(32)28(33)30(25)20-13-14-22(35-4)23(16-20)36-5/h6-16,25,31H,1-5H3/b26-24+. The number of ketones is 1. The minimum absolute atomic E-state index is 0.0133. The predicted molar refractivity (Wildman–Crippen MR) is 138 cm³/mol. The van der Waals surface area contributed by atoms with Crippen molar-refractivity contribution in [2.75, 3.05) is 45.2 Å². The molecule has 1 atom stereocenters. The lowest BCUT2D eigenvalue weighted by atomic mass is 9.94. The maximum absolute atomic E-state index is 13.4. The molecule has 0 radical (unpaired) electrons. The number of amides is 1. The van der Waals surface area contributed by atoms with Crippen molar-refractivity contribution in [1.29, 1.82) is 0 Å². The molecule has 1 aliphatic rings. The van der Waals surface area contributed by atoms with Gasteiger partial charge in [-0.25, -0.2) is 0 Å². The van der Waals surface area contributed by atoms with Crippen molar-refractivity contribution in [2.24, 2.45) is 0 Å². The molecule has 1 N–H and O–H groups in total. The first-order valence-corrected chi connectivity index (χ1v) is 11.3. The lowest BCUT2D eigenvalue weighted by Gasteiger charge is -2.26. The number of hydrogen-bond acceptors (Lipinski definition) is 7. The summed E-state index contributed by atoms with van der Waals surface area (Å²) in [5.74, 6) is -0.412. The second-order valence-electron chi connectivity index (χ2n) is 8.43. The molecule has 1 heterocycles. The van der Waals surface area contributed by atoms with E-state index >= 15 is 0 Å². The van der Waals surface area contributed by atoms with Crippen molar-refractivity contribution >= 4 is 28.8 Å². The highest BCUT2D eigenvalue weighted by molar-refractivity contribution is 6.51. The second kappa shape index (κ2) is 10.0. The quantitative estimate of drug-likeness (QED) is 0.300. The number of carbonyl (C=O) groups excluding carboxylic acids is 2. The van der Waals surface area contributed by atoms with E-state index in [4.69, 9.17) is 14.2 Å². The molecule has 0 saturated carbocycles. The second-order valence-corrected chi connectivity index (χ2v) is 8.43. The smallest absolute Gasteiger partial charge is 0.300 e. The molecule has 1 amide bonds. The third-order valence-corrected chi connectivity index (χ3v) is 6.16. The Bertz CT molecular complexity index is 1330. The van der Waals surface area contributed by atoms with Crippen LogP contribution in [0.4, 0.5) is 11.4 Å². The molecule has 0 spiro atoms. The molecular formula is C28H28N2O6. The van der Waals surface area contributed by atoms with Gasteiger partial charge in [-0.1, -0.05) is 24.3 Å². The Morgan fingerprint density at radius 1 is 0.861 bits per heavy atom. The van der Waals surface area contributed by atoms with Crippen LogP contribution >= 0.6 is 0 Å². The average Bonchev–Trinajstić information content (AvgIpc) is 3.17. The van der Waals surface area contributed by atoms with Crippen LogP contribution in [0.15, 0.2) is 72.3 Å². The minimum Gasteiger partial charge on any atom is -0.507 e. The van der Waals surface area contributed by atoms with Crippen LogP contribution in [0, 0.1) is 0 Å². The Hall–Kier alpha value is -4.46. The van der Waals surface area contributed by atoms with Crippen molar-refractivity contribution in [3.05, 3.63) is 83.4 Å². The normalized spacial score (nSPS) is 16.7. The third kappa shape index (κ3) is 4.33. The van der Waals surface area contributed by atoms with Crippen LogP contribution in [0.3, 0.4) is 0 Å². The number of Topliss-reactive ketones (excluding diaryl/α,β-unsaturated/α-hetero) is 1. The third-order valence-electron chi connectivity index (χ3n) is 6.16. The van der Waals surface area contributed by atoms with Crippen LogP contribution < -0.4 is 24.0 Å². The van der Waals surface area contributed by atoms with Gasteiger partial charge in [-0.05, 0) is 42.0 Å². The highest BCUT2D eigenvalue weighted by atomic mass is 16.5. The number of hydrogen-bond donors (Lipinski definition) is 1. The van der Waals surface area contributed by atoms with E-state index in [0.717, 1.165) is 5.69 Å². The van der Waals surface area contributed by atoms with Gasteiger partial charge in [-0.3, -0.25) is 14.5 Å². The summed E-state index contributed by atoms with van der Waals surface area (Å²) in [6.07, 6.45) is 0. The molecule has 4 rings (SSSR count). The number of rotatable bonds is 7. The summed E-state index contributed by atoms with van der Waals surface area (Å²) in [7, 11) is 8.38. The van der Waals surface area contributed by atoms with E-state index in [9.17, 15) is 14.7 Å². The number of nitrogens with zero attached hydrogens (tertiary/aromatic N) is 2. The van der Waals surface area contributed by atoms with E-state index < -0.39 is 17.7 Å². The summed E-state index contributed by atoms with van der Waals surface area (Å²) < 4.78 is 16.0. The zero-order valence-corrected chi connectivity index (χ0v) is 20.8. The molecule has 186 valence electrons. The van der Waals surface area contributed by atoms with Crippen LogP contribution in [0.5, 0.6) is 17.2 Å². The summed E-state index contributed by atoms with van der Waals surface area (Å²) in [5, 5.41) is 11.3. The molecule has 3 aromatic carbocycles. The number of aliphatic hydroxyl groups is 1. The molecule has 1 fully saturated rings. The molecule has 1 saturated heterocycles. The monoisotopic (exact) mass is 488 g/mol. The van der Waals surface area contributed by atoms with Gasteiger partial charge < -0.3 is 24.2 Å². The highest BCUT2D eigenvalue weighted by Crippen LogP contribution is 2.44. The van der Waals surface area contributed by atoms with Gasteiger partial charge in [0.05, 0.1) is 32.9 Å². The number of aliphatic hydroxyl groups excluding tert-OH is 1. The van der Waals surface area contributed by atoms with Crippen LogP contribution in [0.2, 0.25) is 0 Å². The Morgan fingerprint density at radius 3 is 2.17 bits per heavy atom. The number of methoxy groups -OCH3 is 3. The number of anilines is 2. The van der Waals surface area contributed by atoms with Crippen LogP contribution in [-0.4, -0.2) is 52.2 Å². The van der Waals surface area contributed by atoms with E-state index in [-0.39, 0.29) is 11.3 Å². The zero-order chi connectivity index (χ0) is 26.0. The first kappa shape index (κ1) is 24.7. The molecule has 1 unspecified atom stereocenters. The highest BCUT2D eigenvalue weighted by Gasteiger charge is 2.47. The van der Waals surface area contributed by atoms with Crippen LogP contribution in [-0.2, 0) is 9.59 Å².